The summed E-state index contributed by atoms with van der Waals surface area (Å²) in [6, 6.07) is 0. The molecule has 1 N–H and O–H groups in total. The van der Waals surface area contributed by atoms with E-state index in [-0.39, 0.29) is 5.91 Å². The lowest BCUT2D eigenvalue weighted by Crippen LogP contribution is -2.35. The summed E-state index contributed by atoms with van der Waals surface area (Å²) in [5, 5.41) is 9.14. The van der Waals surface area contributed by atoms with Crippen LogP contribution in [0.2, 0.25) is 0 Å². The van der Waals surface area contributed by atoms with Crippen molar-refractivity contribution >= 4 is 11.9 Å². The van der Waals surface area contributed by atoms with E-state index >= 15 is 0 Å². The lowest BCUT2D eigenvalue weighted by atomic mass is 9.84. The van der Waals surface area contributed by atoms with Gasteiger partial charge in [0.2, 0.25) is 5.91 Å². The van der Waals surface area contributed by atoms with E-state index in [1.54, 1.807) is 17.9 Å². The van der Waals surface area contributed by atoms with E-state index in [0.717, 1.165) is 0 Å². The number of carboxylic acid groups (broad SMARTS) is 1. The van der Waals surface area contributed by atoms with Crippen LogP contribution in [0.4, 0.5) is 0 Å². The van der Waals surface area contributed by atoms with Crippen molar-refractivity contribution in [1.82, 2.24) is 4.90 Å². The molecule has 84 valence electrons. The first-order valence-corrected chi connectivity index (χ1v) is 5.21. The number of amides is 1. The molecule has 0 aliphatic carbocycles. The van der Waals surface area contributed by atoms with Crippen LogP contribution in [0, 0.1) is 5.41 Å². The van der Waals surface area contributed by atoms with E-state index in [1.165, 1.54) is 6.08 Å². The quantitative estimate of drug-likeness (QED) is 0.715. The number of hydrogen-bond donors (Lipinski definition) is 1. The minimum Gasteiger partial charge on any atom is -0.481 e. The third-order valence-electron chi connectivity index (χ3n) is 3.11. The third-order valence-corrected chi connectivity index (χ3v) is 3.11. The van der Waals surface area contributed by atoms with Gasteiger partial charge in [-0.3, -0.25) is 9.59 Å². The highest BCUT2D eigenvalue weighted by Gasteiger charge is 2.44. The van der Waals surface area contributed by atoms with Gasteiger partial charge in [-0.1, -0.05) is 13.0 Å². The van der Waals surface area contributed by atoms with Crippen molar-refractivity contribution in [3.8, 4) is 0 Å². The molecule has 1 fully saturated rings. The molecule has 1 amide bonds. The summed E-state index contributed by atoms with van der Waals surface area (Å²) in [6.07, 6.45) is 4.28. The lowest BCUT2D eigenvalue weighted by molar-refractivity contribution is -0.148. The first-order chi connectivity index (χ1) is 7.05. The summed E-state index contributed by atoms with van der Waals surface area (Å²) in [7, 11) is 0. The molecule has 4 heteroatoms. The van der Waals surface area contributed by atoms with Gasteiger partial charge < -0.3 is 10.0 Å². The Labute approximate surface area is 89.6 Å². The van der Waals surface area contributed by atoms with Gasteiger partial charge in [0.05, 0.1) is 5.41 Å². The minimum absolute atomic E-state index is 0.0888. The fourth-order valence-corrected chi connectivity index (χ4v) is 1.92. The van der Waals surface area contributed by atoms with E-state index in [1.807, 2.05) is 6.92 Å². The summed E-state index contributed by atoms with van der Waals surface area (Å²) in [5.41, 5.74) is -0.725. The lowest BCUT2D eigenvalue weighted by Gasteiger charge is -2.22. The normalized spacial score (nSPS) is 26.1. The van der Waals surface area contributed by atoms with Crippen LogP contribution in [0.5, 0.6) is 0 Å². The van der Waals surface area contributed by atoms with Crippen molar-refractivity contribution < 1.29 is 14.7 Å². The van der Waals surface area contributed by atoms with E-state index in [0.29, 0.717) is 25.9 Å². The van der Waals surface area contributed by atoms with Crippen LogP contribution in [0.1, 0.15) is 26.7 Å². The standard InChI is InChI=1S/C11H17NO3/c1-3-5-9(13)12-7-6-11(4-2,8-12)10(14)15/h3,5H,4,6-8H2,1-2H3,(H,14,15). The summed E-state index contributed by atoms with van der Waals surface area (Å²) in [6.45, 7) is 4.52. The number of carbonyl (C=O) groups is 2. The van der Waals surface area contributed by atoms with E-state index in [4.69, 9.17) is 5.11 Å². The molecule has 0 aromatic rings. The van der Waals surface area contributed by atoms with Gasteiger partial charge in [-0.15, -0.1) is 0 Å². The molecule has 0 saturated carbocycles. The maximum absolute atomic E-state index is 11.5. The largest absolute Gasteiger partial charge is 0.481 e. The smallest absolute Gasteiger partial charge is 0.311 e. The van der Waals surface area contributed by atoms with Crippen LogP contribution in [-0.4, -0.2) is 35.0 Å². The Bertz CT molecular complexity index is 298. The molecule has 1 saturated heterocycles. The molecular formula is C11H17NO3. The van der Waals surface area contributed by atoms with E-state index < -0.39 is 11.4 Å². The van der Waals surface area contributed by atoms with Gasteiger partial charge in [-0.2, -0.15) is 0 Å². The van der Waals surface area contributed by atoms with Gasteiger partial charge in [0.15, 0.2) is 0 Å². The monoisotopic (exact) mass is 211 g/mol. The molecule has 0 radical (unpaired) electrons. The van der Waals surface area contributed by atoms with Gasteiger partial charge >= 0.3 is 5.97 Å². The van der Waals surface area contributed by atoms with Crippen molar-refractivity contribution in [2.45, 2.75) is 26.7 Å². The average molecular weight is 211 g/mol. The summed E-state index contributed by atoms with van der Waals surface area (Å²) in [5.74, 6) is -0.880. The fraction of sp³-hybridized carbons (Fsp3) is 0.636. The van der Waals surface area contributed by atoms with Gasteiger partial charge in [-0.25, -0.2) is 0 Å². The van der Waals surface area contributed by atoms with Crippen molar-refractivity contribution in [2.24, 2.45) is 5.41 Å². The molecular weight excluding hydrogens is 194 g/mol. The van der Waals surface area contributed by atoms with Crippen LogP contribution in [0.3, 0.4) is 0 Å². The molecule has 4 nitrogen and oxygen atoms in total. The van der Waals surface area contributed by atoms with Gasteiger partial charge in [0.1, 0.15) is 0 Å². The summed E-state index contributed by atoms with van der Waals surface area (Å²) < 4.78 is 0. The molecule has 1 atom stereocenters. The second-order valence-corrected chi connectivity index (χ2v) is 3.95. The number of carboxylic acids is 1. The highest BCUT2D eigenvalue weighted by Crippen LogP contribution is 2.34. The zero-order valence-electron chi connectivity index (χ0n) is 9.19. The number of carbonyl (C=O) groups excluding carboxylic acids is 1. The van der Waals surface area contributed by atoms with Crippen LogP contribution in [0.15, 0.2) is 12.2 Å². The molecule has 1 rings (SSSR count). The van der Waals surface area contributed by atoms with Crippen molar-refractivity contribution in [3.05, 3.63) is 12.2 Å². The molecule has 0 aromatic heterocycles. The Kier molecular flexibility index (Phi) is 3.50. The maximum atomic E-state index is 11.5. The Hall–Kier alpha value is -1.32. The van der Waals surface area contributed by atoms with Gasteiger partial charge in [0.25, 0.3) is 0 Å². The molecule has 1 aliphatic rings. The summed E-state index contributed by atoms with van der Waals surface area (Å²) in [4.78, 5) is 24.3. The van der Waals surface area contributed by atoms with Gasteiger partial charge in [0, 0.05) is 13.1 Å². The van der Waals surface area contributed by atoms with Crippen molar-refractivity contribution in [3.63, 3.8) is 0 Å². The predicted molar refractivity (Wildman–Crippen MR) is 56.4 cm³/mol. The molecule has 1 aliphatic heterocycles. The second kappa shape index (κ2) is 4.47. The third kappa shape index (κ3) is 2.19. The van der Waals surface area contributed by atoms with E-state index in [9.17, 15) is 9.59 Å². The molecule has 15 heavy (non-hydrogen) atoms. The Morgan fingerprint density at radius 2 is 2.20 bits per heavy atom. The topological polar surface area (TPSA) is 57.6 Å². The molecule has 1 heterocycles. The number of hydrogen-bond acceptors (Lipinski definition) is 2. The minimum atomic E-state index is -0.791. The van der Waals surface area contributed by atoms with Crippen LogP contribution in [0.25, 0.3) is 0 Å². The zero-order chi connectivity index (χ0) is 11.5. The number of rotatable bonds is 3. The van der Waals surface area contributed by atoms with Crippen LogP contribution in [-0.2, 0) is 9.59 Å². The van der Waals surface area contributed by atoms with Gasteiger partial charge in [-0.05, 0) is 25.8 Å². The fourth-order valence-electron chi connectivity index (χ4n) is 1.92. The highest BCUT2D eigenvalue weighted by atomic mass is 16.4. The molecule has 0 aromatic carbocycles. The Balaban J connectivity index is 2.73. The predicted octanol–water partition coefficient (Wildman–Crippen LogP) is 1.28. The number of likely N-dealkylation sites (tertiary alicyclic amines) is 1. The first-order valence-electron chi connectivity index (χ1n) is 5.21. The Morgan fingerprint density at radius 3 is 2.60 bits per heavy atom. The Morgan fingerprint density at radius 1 is 1.53 bits per heavy atom. The van der Waals surface area contributed by atoms with Crippen LogP contribution >= 0.6 is 0 Å². The second-order valence-electron chi connectivity index (χ2n) is 3.95. The molecule has 1 unspecified atom stereocenters. The zero-order valence-corrected chi connectivity index (χ0v) is 9.19. The number of nitrogens with zero attached hydrogens (tertiary/aromatic N) is 1. The van der Waals surface area contributed by atoms with Crippen LogP contribution < -0.4 is 0 Å². The first kappa shape index (κ1) is 11.8. The van der Waals surface area contributed by atoms with Crippen molar-refractivity contribution in [1.29, 1.82) is 0 Å². The number of allylic oxidation sites excluding steroid dienone is 1. The summed E-state index contributed by atoms with van der Waals surface area (Å²) >= 11 is 0. The average Bonchev–Trinajstić information content (AvgIpc) is 2.63. The molecule has 0 bridgehead atoms. The van der Waals surface area contributed by atoms with E-state index in [2.05, 4.69) is 0 Å². The van der Waals surface area contributed by atoms with Crippen molar-refractivity contribution in [2.75, 3.05) is 13.1 Å². The number of aliphatic carboxylic acids is 1. The SMILES string of the molecule is CC=CC(=O)N1CCC(CC)(C(=O)O)C1. The maximum Gasteiger partial charge on any atom is 0.311 e. The molecule has 0 spiro atoms. The highest BCUT2D eigenvalue weighted by molar-refractivity contribution is 5.88.